The van der Waals surface area contributed by atoms with Crippen molar-refractivity contribution in [3.63, 3.8) is 0 Å². The van der Waals surface area contributed by atoms with Crippen molar-refractivity contribution < 1.29 is 4.39 Å². The van der Waals surface area contributed by atoms with Crippen LogP contribution in [-0.2, 0) is 13.1 Å². The lowest BCUT2D eigenvalue weighted by Crippen LogP contribution is -2.34. The molecule has 0 saturated carbocycles. The fourth-order valence-electron chi connectivity index (χ4n) is 2.99. The Bertz CT molecular complexity index is 433. The van der Waals surface area contributed by atoms with Gasteiger partial charge in [-0.15, -0.1) is 0 Å². The van der Waals surface area contributed by atoms with Crippen molar-refractivity contribution in [2.45, 2.75) is 26.1 Å². The number of benzene rings is 1. The average molecular weight is 265 g/mol. The van der Waals surface area contributed by atoms with E-state index in [1.54, 1.807) is 0 Å². The van der Waals surface area contributed by atoms with Crippen molar-refractivity contribution in [2.24, 2.45) is 11.7 Å². The molecule has 0 bridgehead atoms. The van der Waals surface area contributed by atoms with Crippen LogP contribution < -0.4 is 5.73 Å². The largest absolute Gasteiger partial charge is 0.326 e. The second-order valence-corrected chi connectivity index (χ2v) is 5.83. The summed E-state index contributed by atoms with van der Waals surface area (Å²) in [7, 11) is 4.27. The zero-order chi connectivity index (χ0) is 14.0. The Hall–Kier alpha value is -0.970. The molecule has 1 saturated heterocycles. The topological polar surface area (TPSA) is 32.5 Å². The predicted octanol–water partition coefficient (Wildman–Crippen LogP) is 1.67. The molecule has 1 fully saturated rings. The summed E-state index contributed by atoms with van der Waals surface area (Å²) in [5.41, 5.74) is 7.30. The lowest BCUT2D eigenvalue weighted by atomic mass is 10.1. The number of hydrogen-bond acceptors (Lipinski definition) is 3. The van der Waals surface area contributed by atoms with Gasteiger partial charge in [0.1, 0.15) is 5.82 Å². The molecule has 1 heterocycles. The van der Waals surface area contributed by atoms with Crippen LogP contribution in [0.25, 0.3) is 0 Å². The molecule has 4 heteroatoms. The summed E-state index contributed by atoms with van der Waals surface area (Å²) in [6.07, 6.45) is 0. The summed E-state index contributed by atoms with van der Waals surface area (Å²) in [5.74, 6) is 0.469. The first-order chi connectivity index (χ1) is 9.01. The standard InChI is InChI=1S/C15H24FN3/c1-11-8-19(10-15(11)18(2)3)9-12-4-5-14(16)13(6-12)7-17/h4-6,11,15H,7-10,17H2,1-3H3. The predicted molar refractivity (Wildman–Crippen MR) is 76.2 cm³/mol. The normalized spacial score (nSPS) is 24.3. The van der Waals surface area contributed by atoms with E-state index < -0.39 is 0 Å². The quantitative estimate of drug-likeness (QED) is 0.899. The average Bonchev–Trinajstić information content (AvgIpc) is 2.73. The third kappa shape index (κ3) is 3.32. The van der Waals surface area contributed by atoms with E-state index in [1.807, 2.05) is 12.1 Å². The van der Waals surface area contributed by atoms with E-state index in [4.69, 9.17) is 5.73 Å². The van der Waals surface area contributed by atoms with Crippen molar-refractivity contribution in [1.29, 1.82) is 0 Å². The Labute approximate surface area is 115 Å². The first-order valence-electron chi connectivity index (χ1n) is 6.87. The SMILES string of the molecule is CC1CN(Cc2ccc(F)c(CN)c2)CC1N(C)C. The van der Waals surface area contributed by atoms with Gasteiger partial charge in [0, 0.05) is 37.8 Å². The van der Waals surface area contributed by atoms with Gasteiger partial charge in [0.25, 0.3) is 0 Å². The van der Waals surface area contributed by atoms with Crippen molar-refractivity contribution in [3.8, 4) is 0 Å². The molecule has 0 aliphatic carbocycles. The molecule has 2 rings (SSSR count). The van der Waals surface area contributed by atoms with E-state index in [0.29, 0.717) is 17.5 Å². The molecule has 3 nitrogen and oxygen atoms in total. The minimum atomic E-state index is -0.202. The molecule has 0 aromatic heterocycles. The van der Waals surface area contributed by atoms with Crippen LogP contribution in [0.3, 0.4) is 0 Å². The fourth-order valence-corrected chi connectivity index (χ4v) is 2.99. The van der Waals surface area contributed by atoms with Crippen LogP contribution >= 0.6 is 0 Å². The Kier molecular flexibility index (Phi) is 4.55. The molecule has 2 unspecified atom stereocenters. The van der Waals surface area contributed by atoms with Crippen molar-refractivity contribution >= 4 is 0 Å². The van der Waals surface area contributed by atoms with Gasteiger partial charge in [-0.25, -0.2) is 4.39 Å². The zero-order valence-corrected chi connectivity index (χ0v) is 12.1. The lowest BCUT2D eigenvalue weighted by molar-refractivity contribution is 0.250. The molecule has 1 aromatic carbocycles. The van der Waals surface area contributed by atoms with Crippen LogP contribution in [0.5, 0.6) is 0 Å². The van der Waals surface area contributed by atoms with Gasteiger partial charge in [0.15, 0.2) is 0 Å². The molecule has 0 radical (unpaired) electrons. The van der Waals surface area contributed by atoms with E-state index in [2.05, 4.69) is 30.8 Å². The highest BCUT2D eigenvalue weighted by molar-refractivity contribution is 5.25. The second kappa shape index (κ2) is 5.99. The summed E-state index contributed by atoms with van der Waals surface area (Å²) in [4.78, 5) is 4.73. The molecule has 106 valence electrons. The monoisotopic (exact) mass is 265 g/mol. The molecule has 19 heavy (non-hydrogen) atoms. The molecule has 0 amide bonds. The van der Waals surface area contributed by atoms with Gasteiger partial charge in [0.2, 0.25) is 0 Å². The van der Waals surface area contributed by atoms with E-state index in [9.17, 15) is 4.39 Å². The highest BCUT2D eigenvalue weighted by Crippen LogP contribution is 2.22. The summed E-state index contributed by atoms with van der Waals surface area (Å²) < 4.78 is 13.4. The van der Waals surface area contributed by atoms with Gasteiger partial charge in [-0.3, -0.25) is 4.90 Å². The van der Waals surface area contributed by atoms with Crippen LogP contribution in [0, 0.1) is 11.7 Å². The first kappa shape index (κ1) is 14.4. The van der Waals surface area contributed by atoms with Gasteiger partial charge in [-0.2, -0.15) is 0 Å². The maximum Gasteiger partial charge on any atom is 0.127 e. The van der Waals surface area contributed by atoms with E-state index in [1.165, 1.54) is 6.07 Å². The minimum Gasteiger partial charge on any atom is -0.326 e. The van der Waals surface area contributed by atoms with E-state index in [-0.39, 0.29) is 12.4 Å². The van der Waals surface area contributed by atoms with Crippen LogP contribution in [0.1, 0.15) is 18.1 Å². The third-order valence-corrected chi connectivity index (χ3v) is 4.05. The van der Waals surface area contributed by atoms with Gasteiger partial charge >= 0.3 is 0 Å². The highest BCUT2D eigenvalue weighted by atomic mass is 19.1. The van der Waals surface area contributed by atoms with E-state index in [0.717, 1.165) is 25.2 Å². The first-order valence-corrected chi connectivity index (χ1v) is 6.87. The number of halogens is 1. The molecule has 1 aromatic rings. The van der Waals surface area contributed by atoms with Gasteiger partial charge in [0.05, 0.1) is 0 Å². The number of likely N-dealkylation sites (tertiary alicyclic amines) is 1. The zero-order valence-electron chi connectivity index (χ0n) is 12.1. The van der Waals surface area contributed by atoms with Crippen LogP contribution in [-0.4, -0.2) is 43.0 Å². The maximum atomic E-state index is 13.4. The molecule has 1 aliphatic rings. The smallest absolute Gasteiger partial charge is 0.127 e. The summed E-state index contributed by atoms with van der Waals surface area (Å²) >= 11 is 0. The number of nitrogens with zero attached hydrogens (tertiary/aromatic N) is 2. The molecular formula is C15H24FN3. The number of rotatable bonds is 4. The molecular weight excluding hydrogens is 241 g/mol. The van der Waals surface area contributed by atoms with Crippen molar-refractivity contribution in [1.82, 2.24) is 9.80 Å². The fraction of sp³-hybridized carbons (Fsp3) is 0.600. The minimum absolute atomic E-state index is 0.202. The Balaban J connectivity index is 2.02. The van der Waals surface area contributed by atoms with Gasteiger partial charge in [-0.05, 0) is 31.6 Å². The lowest BCUT2D eigenvalue weighted by Gasteiger charge is -2.22. The summed E-state index contributed by atoms with van der Waals surface area (Å²) in [5, 5.41) is 0. The Morgan fingerprint density at radius 2 is 2.11 bits per heavy atom. The molecule has 2 atom stereocenters. The Morgan fingerprint density at radius 1 is 1.37 bits per heavy atom. The number of hydrogen-bond donors (Lipinski definition) is 1. The van der Waals surface area contributed by atoms with E-state index >= 15 is 0 Å². The highest BCUT2D eigenvalue weighted by Gasteiger charge is 2.30. The summed E-state index contributed by atoms with van der Waals surface area (Å²) in [6.45, 7) is 5.60. The van der Waals surface area contributed by atoms with Crippen LogP contribution in [0.15, 0.2) is 18.2 Å². The summed E-state index contributed by atoms with van der Waals surface area (Å²) in [6, 6.07) is 5.89. The van der Waals surface area contributed by atoms with Gasteiger partial charge < -0.3 is 10.6 Å². The number of nitrogens with two attached hydrogens (primary N) is 1. The molecule has 0 spiro atoms. The van der Waals surface area contributed by atoms with Crippen molar-refractivity contribution in [2.75, 3.05) is 27.2 Å². The third-order valence-electron chi connectivity index (χ3n) is 4.05. The van der Waals surface area contributed by atoms with Crippen LogP contribution in [0.2, 0.25) is 0 Å². The molecule has 1 aliphatic heterocycles. The number of likely N-dealkylation sites (N-methyl/N-ethyl adjacent to an activating group) is 1. The molecule has 2 N–H and O–H groups in total. The maximum absolute atomic E-state index is 13.4. The van der Waals surface area contributed by atoms with Gasteiger partial charge in [-0.1, -0.05) is 19.1 Å². The Morgan fingerprint density at radius 3 is 2.68 bits per heavy atom. The van der Waals surface area contributed by atoms with Crippen LogP contribution in [0.4, 0.5) is 4.39 Å². The second-order valence-electron chi connectivity index (χ2n) is 5.83. The van der Waals surface area contributed by atoms with Crippen molar-refractivity contribution in [3.05, 3.63) is 35.1 Å².